The van der Waals surface area contributed by atoms with Crippen molar-refractivity contribution in [2.75, 3.05) is 20.2 Å². The molecule has 1 aliphatic heterocycles. The summed E-state index contributed by atoms with van der Waals surface area (Å²) in [6.45, 7) is 5.56. The Morgan fingerprint density at radius 1 is 1.42 bits per heavy atom. The number of ether oxygens (including phenoxy) is 1. The van der Waals surface area contributed by atoms with Gasteiger partial charge in [0.05, 0.1) is 12.7 Å². The summed E-state index contributed by atoms with van der Waals surface area (Å²) in [5.41, 5.74) is 7.48. The Morgan fingerprint density at radius 3 is 2.68 bits per heavy atom. The molecule has 4 nitrogen and oxygen atoms in total. The van der Waals surface area contributed by atoms with Gasteiger partial charge in [0.15, 0.2) is 0 Å². The van der Waals surface area contributed by atoms with Crippen LogP contribution in [0.4, 0.5) is 0 Å². The Kier molecular flexibility index (Phi) is 4.43. The maximum atomic E-state index is 7.61. The molecular formula is C15H23N3O. The van der Waals surface area contributed by atoms with E-state index in [2.05, 4.69) is 17.9 Å². The molecule has 0 unspecified atom stereocenters. The molecule has 0 radical (unpaired) electrons. The highest BCUT2D eigenvalue weighted by Gasteiger charge is 2.16. The molecule has 0 saturated carbocycles. The molecule has 0 spiro atoms. The molecule has 1 fully saturated rings. The number of methoxy groups -OCH3 is 1. The quantitative estimate of drug-likeness (QED) is 0.645. The number of nitrogens with one attached hydrogen (secondary N) is 1. The summed E-state index contributed by atoms with van der Waals surface area (Å²) in [4.78, 5) is 2.46. The molecule has 1 aromatic carbocycles. The molecule has 1 heterocycles. The number of likely N-dealkylation sites (tertiary alicyclic amines) is 1. The summed E-state index contributed by atoms with van der Waals surface area (Å²) < 4.78 is 5.23. The Morgan fingerprint density at radius 2 is 2.11 bits per heavy atom. The number of nitrogens with zero attached hydrogens (tertiary/aromatic N) is 1. The third kappa shape index (κ3) is 3.47. The van der Waals surface area contributed by atoms with Gasteiger partial charge in [0.25, 0.3) is 0 Å². The maximum absolute atomic E-state index is 7.61. The number of rotatable bonds is 4. The SMILES string of the molecule is COc1ccc(CN2CCC(C)CC2)cc1C(=N)N. The van der Waals surface area contributed by atoms with Gasteiger partial charge in [0.2, 0.25) is 0 Å². The maximum Gasteiger partial charge on any atom is 0.129 e. The van der Waals surface area contributed by atoms with Crippen LogP contribution in [0.1, 0.15) is 30.9 Å². The van der Waals surface area contributed by atoms with E-state index >= 15 is 0 Å². The average Bonchev–Trinajstić information content (AvgIpc) is 2.41. The number of hydrogen-bond acceptors (Lipinski definition) is 3. The van der Waals surface area contributed by atoms with Crippen LogP contribution in [-0.2, 0) is 6.54 Å². The van der Waals surface area contributed by atoms with Crippen LogP contribution in [-0.4, -0.2) is 30.9 Å². The van der Waals surface area contributed by atoms with Crippen LogP contribution in [0.2, 0.25) is 0 Å². The van der Waals surface area contributed by atoms with Crippen LogP contribution in [0.5, 0.6) is 5.75 Å². The fourth-order valence-corrected chi connectivity index (χ4v) is 2.54. The third-order valence-electron chi connectivity index (χ3n) is 3.84. The van der Waals surface area contributed by atoms with Gasteiger partial charge in [-0.3, -0.25) is 10.3 Å². The molecule has 0 aromatic heterocycles. The first-order valence-corrected chi connectivity index (χ1v) is 6.84. The van der Waals surface area contributed by atoms with Crippen LogP contribution in [0, 0.1) is 11.3 Å². The molecule has 0 atom stereocenters. The van der Waals surface area contributed by atoms with E-state index in [1.54, 1.807) is 7.11 Å². The molecule has 3 N–H and O–H groups in total. The molecule has 4 heteroatoms. The highest BCUT2D eigenvalue weighted by Crippen LogP contribution is 2.22. The third-order valence-corrected chi connectivity index (χ3v) is 3.84. The number of nitrogen functional groups attached to an aromatic ring is 1. The molecule has 0 aliphatic carbocycles. The summed E-state index contributed by atoms with van der Waals surface area (Å²) >= 11 is 0. The second-order valence-electron chi connectivity index (χ2n) is 5.41. The lowest BCUT2D eigenvalue weighted by Gasteiger charge is -2.30. The van der Waals surface area contributed by atoms with Crippen LogP contribution in [0.3, 0.4) is 0 Å². The van der Waals surface area contributed by atoms with Crippen molar-refractivity contribution in [2.45, 2.75) is 26.3 Å². The number of piperidine rings is 1. The lowest BCUT2D eigenvalue weighted by molar-refractivity contribution is 0.185. The zero-order chi connectivity index (χ0) is 13.8. The first-order valence-electron chi connectivity index (χ1n) is 6.84. The van der Waals surface area contributed by atoms with Crippen LogP contribution in [0.15, 0.2) is 18.2 Å². The van der Waals surface area contributed by atoms with Gasteiger partial charge >= 0.3 is 0 Å². The molecule has 104 valence electrons. The summed E-state index contributed by atoms with van der Waals surface area (Å²) in [6, 6.07) is 5.93. The van der Waals surface area contributed by atoms with E-state index in [1.807, 2.05) is 12.1 Å². The van der Waals surface area contributed by atoms with Crippen molar-refractivity contribution < 1.29 is 4.74 Å². The van der Waals surface area contributed by atoms with E-state index in [9.17, 15) is 0 Å². The predicted molar refractivity (Wildman–Crippen MR) is 77.7 cm³/mol. The molecule has 1 aliphatic rings. The van der Waals surface area contributed by atoms with E-state index in [-0.39, 0.29) is 5.84 Å². The summed E-state index contributed by atoms with van der Waals surface area (Å²) in [7, 11) is 1.60. The largest absolute Gasteiger partial charge is 0.496 e. The molecule has 0 amide bonds. The van der Waals surface area contributed by atoms with Crippen molar-refractivity contribution in [1.82, 2.24) is 4.90 Å². The van der Waals surface area contributed by atoms with E-state index in [4.69, 9.17) is 15.9 Å². The molecule has 1 aromatic rings. The van der Waals surface area contributed by atoms with Crippen LogP contribution < -0.4 is 10.5 Å². The summed E-state index contributed by atoms with van der Waals surface area (Å²) in [5, 5.41) is 7.61. The second kappa shape index (κ2) is 6.06. The number of nitrogens with two attached hydrogens (primary N) is 1. The Balaban J connectivity index is 2.08. The molecule has 0 bridgehead atoms. The lowest BCUT2D eigenvalue weighted by atomic mass is 9.98. The standard InChI is InChI=1S/C15H23N3O/c1-11-5-7-18(8-6-11)10-12-3-4-14(19-2)13(9-12)15(16)17/h3-4,9,11H,5-8,10H2,1-2H3,(H3,16,17). The van der Waals surface area contributed by atoms with E-state index in [0.29, 0.717) is 11.3 Å². The Hall–Kier alpha value is -1.55. The molecule has 1 saturated heterocycles. The smallest absolute Gasteiger partial charge is 0.129 e. The zero-order valence-corrected chi connectivity index (χ0v) is 11.8. The Labute approximate surface area is 115 Å². The second-order valence-corrected chi connectivity index (χ2v) is 5.41. The van der Waals surface area contributed by atoms with Crippen LogP contribution >= 0.6 is 0 Å². The van der Waals surface area contributed by atoms with Gasteiger partial charge in [0, 0.05) is 6.54 Å². The van der Waals surface area contributed by atoms with Crippen molar-refractivity contribution in [1.29, 1.82) is 5.41 Å². The average molecular weight is 261 g/mol. The van der Waals surface area contributed by atoms with Gasteiger partial charge < -0.3 is 10.5 Å². The normalized spacial score (nSPS) is 17.4. The van der Waals surface area contributed by atoms with Gasteiger partial charge in [-0.1, -0.05) is 13.0 Å². The molecule has 2 rings (SSSR count). The minimum atomic E-state index is 0.0611. The fourth-order valence-electron chi connectivity index (χ4n) is 2.54. The number of hydrogen-bond donors (Lipinski definition) is 2. The predicted octanol–water partition coefficient (Wildman–Crippen LogP) is 2.21. The minimum Gasteiger partial charge on any atom is -0.496 e. The highest BCUT2D eigenvalue weighted by atomic mass is 16.5. The van der Waals surface area contributed by atoms with Crippen molar-refractivity contribution >= 4 is 5.84 Å². The molecule has 19 heavy (non-hydrogen) atoms. The van der Waals surface area contributed by atoms with Gasteiger partial charge in [-0.15, -0.1) is 0 Å². The topological polar surface area (TPSA) is 62.3 Å². The van der Waals surface area contributed by atoms with Crippen LogP contribution in [0.25, 0.3) is 0 Å². The van der Waals surface area contributed by atoms with E-state index in [1.165, 1.54) is 18.4 Å². The van der Waals surface area contributed by atoms with Gasteiger partial charge in [-0.05, 0) is 49.5 Å². The van der Waals surface area contributed by atoms with Crippen molar-refractivity contribution in [3.8, 4) is 5.75 Å². The first-order chi connectivity index (χ1) is 9.10. The molecular weight excluding hydrogens is 238 g/mol. The number of amidine groups is 1. The fraction of sp³-hybridized carbons (Fsp3) is 0.533. The monoisotopic (exact) mass is 261 g/mol. The number of benzene rings is 1. The first kappa shape index (κ1) is 13.9. The van der Waals surface area contributed by atoms with E-state index < -0.39 is 0 Å². The van der Waals surface area contributed by atoms with Crippen molar-refractivity contribution in [3.63, 3.8) is 0 Å². The minimum absolute atomic E-state index is 0.0611. The van der Waals surface area contributed by atoms with Crippen molar-refractivity contribution in [2.24, 2.45) is 11.7 Å². The van der Waals surface area contributed by atoms with Gasteiger partial charge in [-0.25, -0.2) is 0 Å². The highest BCUT2D eigenvalue weighted by molar-refractivity contribution is 5.97. The van der Waals surface area contributed by atoms with Crippen molar-refractivity contribution in [3.05, 3.63) is 29.3 Å². The van der Waals surface area contributed by atoms with E-state index in [0.717, 1.165) is 25.6 Å². The lowest BCUT2D eigenvalue weighted by Crippen LogP contribution is -2.32. The van der Waals surface area contributed by atoms with Gasteiger partial charge in [-0.2, -0.15) is 0 Å². The zero-order valence-electron chi connectivity index (χ0n) is 11.8. The summed E-state index contributed by atoms with van der Waals surface area (Å²) in [6.07, 6.45) is 2.55. The Bertz CT molecular complexity index is 451. The van der Waals surface area contributed by atoms with Gasteiger partial charge in [0.1, 0.15) is 11.6 Å². The summed E-state index contributed by atoms with van der Waals surface area (Å²) in [5.74, 6) is 1.58.